The number of hydrogen-bond donors (Lipinski definition) is 5. The number of fused-ring (bicyclic) bond motifs is 2. The number of anilines is 2. The van der Waals surface area contributed by atoms with Crippen molar-refractivity contribution in [2.45, 2.75) is 86.7 Å². The summed E-state index contributed by atoms with van der Waals surface area (Å²) in [4.78, 5) is 59.7. The molecule has 2 aliphatic rings. The standard InChI is InChI=1S/C25H29N5O3S.C20H21N5OS.CH4/c1-15-11-16(19-7-9-27-23(26)29-19)5-6-17(15)13-28-22(31)21-12-18-14-30(10-8-20(18)34-21)24(32)33-25(2,3)4;1-12-8-13(16-4-7-23-20(21)25-16)2-3-14(12)11-24-19(26)18-9-15-10-22-6-5-17(15)27-18;/h5-7,9,11-12H,8,10,13-14H2,1-4H3,(H,28,31)(H2,26,27,29);2-4,7-9,22H,5-6,10-11H2,1H3,(H,24,26)(H2,21,23,25);1H4. The molecule has 3 amide bonds. The van der Waals surface area contributed by atoms with E-state index in [4.69, 9.17) is 16.2 Å². The lowest BCUT2D eigenvalue weighted by Gasteiger charge is -2.29. The first kappa shape index (κ1) is 45.3. The summed E-state index contributed by atoms with van der Waals surface area (Å²) in [6, 6.07) is 19.6. The number of thiophene rings is 2. The lowest BCUT2D eigenvalue weighted by molar-refractivity contribution is 0.0225. The highest BCUT2D eigenvalue weighted by atomic mass is 32.1. The van der Waals surface area contributed by atoms with Crippen LogP contribution >= 0.6 is 22.7 Å². The minimum Gasteiger partial charge on any atom is -0.444 e. The van der Waals surface area contributed by atoms with E-state index in [1.807, 2.05) is 89.2 Å². The van der Waals surface area contributed by atoms with E-state index < -0.39 is 5.60 Å². The molecule has 0 spiro atoms. The molecule has 14 nitrogen and oxygen atoms in total. The van der Waals surface area contributed by atoms with Crippen LogP contribution in [0.4, 0.5) is 16.7 Å². The lowest BCUT2D eigenvalue weighted by Crippen LogP contribution is -2.39. The largest absolute Gasteiger partial charge is 0.444 e. The number of hydrogen-bond acceptors (Lipinski definition) is 13. The van der Waals surface area contributed by atoms with E-state index in [0.717, 1.165) is 86.0 Å². The van der Waals surface area contributed by atoms with Crippen LogP contribution in [0.15, 0.2) is 73.1 Å². The number of nitrogens with zero attached hydrogens (tertiary/aromatic N) is 5. The van der Waals surface area contributed by atoms with Gasteiger partial charge < -0.3 is 37.1 Å². The summed E-state index contributed by atoms with van der Waals surface area (Å²) >= 11 is 3.10. The van der Waals surface area contributed by atoms with E-state index in [0.29, 0.717) is 31.1 Å². The Labute approximate surface area is 370 Å². The van der Waals surface area contributed by atoms with Crippen molar-refractivity contribution in [3.63, 3.8) is 0 Å². The van der Waals surface area contributed by atoms with Gasteiger partial charge in [-0.25, -0.2) is 24.7 Å². The van der Waals surface area contributed by atoms with Gasteiger partial charge in [0.25, 0.3) is 11.8 Å². The molecule has 324 valence electrons. The second-order valence-electron chi connectivity index (χ2n) is 15.9. The number of amides is 3. The first-order valence-corrected chi connectivity index (χ1v) is 21.7. The average Bonchev–Trinajstić information content (AvgIpc) is 3.87. The topological polar surface area (TPSA) is 203 Å². The van der Waals surface area contributed by atoms with Crippen LogP contribution in [0.1, 0.15) is 90.7 Å². The van der Waals surface area contributed by atoms with E-state index in [2.05, 4.69) is 42.0 Å². The van der Waals surface area contributed by atoms with Gasteiger partial charge in [-0.15, -0.1) is 22.7 Å². The molecule has 62 heavy (non-hydrogen) atoms. The van der Waals surface area contributed by atoms with Crippen molar-refractivity contribution in [3.05, 3.63) is 126 Å². The second kappa shape index (κ2) is 19.6. The Hall–Kier alpha value is -6.23. The van der Waals surface area contributed by atoms with Crippen LogP contribution in [-0.4, -0.2) is 61.4 Å². The van der Waals surface area contributed by atoms with Gasteiger partial charge in [0.1, 0.15) is 5.60 Å². The summed E-state index contributed by atoms with van der Waals surface area (Å²) in [6.07, 6.45) is 4.69. The summed E-state index contributed by atoms with van der Waals surface area (Å²) in [5, 5.41) is 9.40. The summed E-state index contributed by atoms with van der Waals surface area (Å²) in [5.74, 6) is 0.367. The van der Waals surface area contributed by atoms with Crippen LogP contribution in [0.3, 0.4) is 0 Å². The number of rotatable bonds is 8. The second-order valence-corrected chi connectivity index (χ2v) is 18.2. The normalized spacial score (nSPS) is 13.1. The van der Waals surface area contributed by atoms with Crippen LogP contribution < -0.4 is 27.4 Å². The van der Waals surface area contributed by atoms with Gasteiger partial charge >= 0.3 is 6.09 Å². The number of aromatic nitrogens is 4. The molecular formula is C46H54N10O4S2. The van der Waals surface area contributed by atoms with E-state index in [9.17, 15) is 14.4 Å². The van der Waals surface area contributed by atoms with Crippen LogP contribution in [0, 0.1) is 13.8 Å². The zero-order valence-corrected chi connectivity index (χ0v) is 36.6. The molecule has 0 saturated carbocycles. The fourth-order valence-electron chi connectivity index (χ4n) is 6.99. The smallest absolute Gasteiger partial charge is 0.410 e. The van der Waals surface area contributed by atoms with Crippen molar-refractivity contribution >= 4 is 52.5 Å². The fraction of sp³-hybridized carbons (Fsp3) is 0.326. The van der Waals surface area contributed by atoms with Crippen molar-refractivity contribution in [2.24, 2.45) is 0 Å². The SMILES string of the molecule is C.Cc1cc(-c2ccnc(N)n2)ccc1CNC(=O)c1cc2c(s1)CCN(C(=O)OC(C)(C)C)C2.Cc1cc(-c2ccnc(N)n2)ccc1CNC(=O)c1cc2c(s1)CCNC2. The van der Waals surface area contributed by atoms with Gasteiger partial charge in [0.15, 0.2) is 0 Å². The Morgan fingerprint density at radius 2 is 1.27 bits per heavy atom. The molecule has 0 unspecified atom stereocenters. The molecule has 6 aromatic rings. The van der Waals surface area contributed by atoms with Gasteiger partial charge in [-0.2, -0.15) is 0 Å². The number of aryl methyl sites for hydroxylation is 2. The first-order valence-electron chi connectivity index (χ1n) is 20.0. The van der Waals surface area contributed by atoms with Crippen LogP contribution in [0.5, 0.6) is 0 Å². The van der Waals surface area contributed by atoms with Gasteiger partial charge in [-0.05, 0) is 117 Å². The molecule has 16 heteroatoms. The third-order valence-electron chi connectivity index (χ3n) is 10.2. The molecule has 6 heterocycles. The van der Waals surface area contributed by atoms with Crippen molar-refractivity contribution in [2.75, 3.05) is 24.6 Å². The van der Waals surface area contributed by atoms with E-state index >= 15 is 0 Å². The van der Waals surface area contributed by atoms with Gasteiger partial charge in [0.2, 0.25) is 11.9 Å². The van der Waals surface area contributed by atoms with Crippen molar-refractivity contribution in [3.8, 4) is 22.5 Å². The molecule has 0 saturated heterocycles. The van der Waals surface area contributed by atoms with E-state index in [-0.39, 0.29) is 37.2 Å². The highest BCUT2D eigenvalue weighted by molar-refractivity contribution is 7.14. The highest BCUT2D eigenvalue weighted by Gasteiger charge is 2.28. The lowest BCUT2D eigenvalue weighted by atomic mass is 10.0. The molecule has 0 bridgehead atoms. The maximum absolute atomic E-state index is 12.8. The number of benzene rings is 2. The maximum Gasteiger partial charge on any atom is 0.410 e. The molecule has 0 fully saturated rings. The molecule has 7 N–H and O–H groups in total. The van der Waals surface area contributed by atoms with E-state index in [1.165, 1.54) is 21.8 Å². The minimum absolute atomic E-state index is 0. The van der Waals surface area contributed by atoms with Gasteiger partial charge in [0.05, 0.1) is 27.7 Å². The van der Waals surface area contributed by atoms with Crippen molar-refractivity contribution < 1.29 is 19.1 Å². The third kappa shape index (κ3) is 11.4. The van der Waals surface area contributed by atoms with Crippen LogP contribution in [0.2, 0.25) is 0 Å². The van der Waals surface area contributed by atoms with E-state index in [1.54, 1.807) is 28.6 Å². The molecule has 0 aliphatic carbocycles. The number of ether oxygens (including phenoxy) is 1. The summed E-state index contributed by atoms with van der Waals surface area (Å²) in [6.45, 7) is 13.4. The van der Waals surface area contributed by atoms with Gasteiger partial charge in [-0.3, -0.25) is 9.59 Å². The number of carbonyl (C=O) groups is 3. The number of nitrogens with two attached hydrogens (primary N) is 2. The number of carbonyl (C=O) groups excluding carboxylic acids is 3. The van der Waals surface area contributed by atoms with Crippen LogP contribution in [-0.2, 0) is 43.8 Å². The molecule has 4 aromatic heterocycles. The Kier molecular flexibility index (Phi) is 14.4. The highest BCUT2D eigenvalue weighted by Crippen LogP contribution is 2.30. The molecule has 2 aromatic carbocycles. The number of nitrogen functional groups attached to an aromatic ring is 2. The maximum atomic E-state index is 12.8. The average molecular weight is 875 g/mol. The van der Waals surface area contributed by atoms with Crippen molar-refractivity contribution in [1.82, 2.24) is 40.8 Å². The molecular weight excluding hydrogens is 821 g/mol. The minimum atomic E-state index is -0.532. The monoisotopic (exact) mass is 874 g/mol. The summed E-state index contributed by atoms with van der Waals surface area (Å²) in [7, 11) is 0. The summed E-state index contributed by atoms with van der Waals surface area (Å²) in [5.41, 5.74) is 20.8. The molecule has 0 radical (unpaired) electrons. The quantitative estimate of drug-likeness (QED) is 0.101. The fourth-order valence-corrected chi connectivity index (χ4v) is 9.17. The Balaban J connectivity index is 0.000000209. The van der Waals surface area contributed by atoms with Gasteiger partial charge in [-0.1, -0.05) is 31.7 Å². The molecule has 8 rings (SSSR count). The third-order valence-corrected chi connectivity index (χ3v) is 12.7. The predicted octanol–water partition coefficient (Wildman–Crippen LogP) is 7.63. The molecule has 2 aliphatic heterocycles. The zero-order chi connectivity index (χ0) is 43.3. The van der Waals surface area contributed by atoms with Gasteiger partial charge in [0, 0.05) is 66.0 Å². The predicted molar refractivity (Wildman–Crippen MR) is 247 cm³/mol. The Bertz CT molecular complexity index is 2560. The summed E-state index contributed by atoms with van der Waals surface area (Å²) < 4.78 is 5.49. The molecule has 0 atom stereocenters. The Morgan fingerprint density at radius 1 is 0.758 bits per heavy atom. The van der Waals surface area contributed by atoms with Crippen LogP contribution in [0.25, 0.3) is 22.5 Å². The van der Waals surface area contributed by atoms with Crippen molar-refractivity contribution in [1.29, 1.82) is 0 Å². The zero-order valence-electron chi connectivity index (χ0n) is 34.9. The number of nitrogens with one attached hydrogen (secondary N) is 3. The first-order chi connectivity index (χ1) is 29.2. The Morgan fingerprint density at radius 3 is 1.76 bits per heavy atom.